The second-order valence-electron chi connectivity index (χ2n) is 7.32. The van der Waals surface area contributed by atoms with Gasteiger partial charge in [0.1, 0.15) is 17.0 Å². The van der Waals surface area contributed by atoms with Crippen molar-refractivity contribution in [3.8, 4) is 16.9 Å². The lowest BCUT2D eigenvalue weighted by atomic mass is 10.0. The minimum absolute atomic E-state index is 0.0454. The third-order valence-electron chi connectivity index (χ3n) is 5.20. The molecule has 0 atom stereocenters. The fourth-order valence-electron chi connectivity index (χ4n) is 3.83. The molecule has 7 heteroatoms. The molecular weight excluding hydrogens is 370 g/mol. The molecule has 3 aromatic heterocycles. The van der Waals surface area contributed by atoms with Crippen molar-refractivity contribution in [1.82, 2.24) is 14.8 Å². The van der Waals surface area contributed by atoms with Crippen molar-refractivity contribution >= 4 is 33.1 Å². The van der Waals surface area contributed by atoms with Gasteiger partial charge in [-0.1, -0.05) is 12.1 Å². The van der Waals surface area contributed by atoms with Gasteiger partial charge in [-0.05, 0) is 43.7 Å². The summed E-state index contributed by atoms with van der Waals surface area (Å²) in [4.78, 5) is 28.1. The van der Waals surface area contributed by atoms with E-state index in [1.54, 1.807) is 13.2 Å². The van der Waals surface area contributed by atoms with E-state index in [0.29, 0.717) is 27.8 Å². The number of methoxy groups -OCH3 is 1. The van der Waals surface area contributed by atoms with Crippen LogP contribution in [0.2, 0.25) is 0 Å². The minimum Gasteiger partial charge on any atom is -0.497 e. The molecule has 0 spiro atoms. The highest BCUT2D eigenvalue weighted by atomic mass is 16.5. The number of rotatable bonds is 3. The van der Waals surface area contributed by atoms with Gasteiger partial charge in [-0.15, -0.1) is 0 Å². The summed E-state index contributed by atoms with van der Waals surface area (Å²) in [6.45, 7) is 4.00. The third-order valence-corrected chi connectivity index (χ3v) is 5.20. The first-order valence-electron chi connectivity index (χ1n) is 9.35. The van der Waals surface area contributed by atoms with Gasteiger partial charge in [-0.3, -0.25) is 19.4 Å². The Balaban J connectivity index is 2.01. The summed E-state index contributed by atoms with van der Waals surface area (Å²) in [5.74, 6) is 0.720. The van der Waals surface area contributed by atoms with Gasteiger partial charge >= 0.3 is 0 Å². The molecule has 0 saturated carbocycles. The Hall–Kier alpha value is -3.74. The van der Waals surface area contributed by atoms with Gasteiger partial charge in [-0.25, -0.2) is 0 Å². The van der Waals surface area contributed by atoms with Gasteiger partial charge in [0.25, 0.3) is 5.56 Å². The molecule has 7 nitrogen and oxygen atoms in total. The number of pyridine rings is 1. The monoisotopic (exact) mass is 389 g/mol. The third kappa shape index (κ3) is 2.51. The predicted octanol–water partition coefficient (Wildman–Crippen LogP) is 4.17. The van der Waals surface area contributed by atoms with Crippen LogP contribution in [0.1, 0.15) is 19.9 Å². The molecule has 29 heavy (non-hydrogen) atoms. The molecule has 2 aromatic carbocycles. The fraction of sp³-hybridized carbons (Fsp3) is 0.182. The van der Waals surface area contributed by atoms with Crippen LogP contribution in [-0.4, -0.2) is 21.9 Å². The van der Waals surface area contributed by atoms with Crippen LogP contribution in [-0.2, 0) is 0 Å². The molecule has 3 heterocycles. The van der Waals surface area contributed by atoms with Gasteiger partial charge in [0.2, 0.25) is 0 Å². The average molecular weight is 389 g/mol. The van der Waals surface area contributed by atoms with Crippen LogP contribution in [0.3, 0.4) is 0 Å². The highest BCUT2D eigenvalue weighted by Crippen LogP contribution is 2.38. The highest BCUT2D eigenvalue weighted by Gasteiger charge is 2.22. The zero-order chi connectivity index (χ0) is 20.3. The van der Waals surface area contributed by atoms with Crippen molar-refractivity contribution in [3.63, 3.8) is 0 Å². The molecule has 5 rings (SSSR count). The van der Waals surface area contributed by atoms with Crippen LogP contribution in [0.4, 0.5) is 0 Å². The molecule has 0 amide bonds. The fourth-order valence-corrected chi connectivity index (χ4v) is 3.83. The van der Waals surface area contributed by atoms with E-state index in [1.165, 1.54) is 12.1 Å². The van der Waals surface area contributed by atoms with Crippen LogP contribution in [0.25, 0.3) is 44.2 Å². The first-order chi connectivity index (χ1) is 14.0. The number of ether oxygens (including phenoxy) is 1. The summed E-state index contributed by atoms with van der Waals surface area (Å²) in [5.41, 5.74) is 3.61. The first-order valence-corrected chi connectivity index (χ1v) is 9.35. The number of furan rings is 1. The predicted molar refractivity (Wildman–Crippen MR) is 113 cm³/mol. The standard InChI is InChI=1S/C22H19N3O4/c1-11(2)25-21-18(22(27)24-25)17(12-4-7-14(28-3)8-5-12)20-19(23-21)15-9-6-13(26)10-16(15)29-20/h4-11,23H,1-3H3,(H,24,27). The van der Waals surface area contributed by atoms with Gasteiger partial charge in [0.05, 0.1) is 18.0 Å². The molecule has 0 radical (unpaired) electrons. The zero-order valence-corrected chi connectivity index (χ0v) is 16.2. The number of benzene rings is 2. The lowest BCUT2D eigenvalue weighted by molar-refractivity contribution is 0.415. The largest absolute Gasteiger partial charge is 0.497 e. The Kier molecular flexibility index (Phi) is 3.67. The second-order valence-corrected chi connectivity index (χ2v) is 7.32. The van der Waals surface area contributed by atoms with Crippen molar-refractivity contribution < 1.29 is 9.15 Å². The average Bonchev–Trinajstić information content (AvgIpc) is 3.23. The van der Waals surface area contributed by atoms with E-state index < -0.39 is 0 Å². The van der Waals surface area contributed by atoms with Crippen molar-refractivity contribution in [2.75, 3.05) is 7.11 Å². The van der Waals surface area contributed by atoms with Crippen molar-refractivity contribution in [1.29, 1.82) is 0 Å². The maximum Gasteiger partial charge on any atom is 0.274 e. The molecular formula is C22H19N3O4. The van der Waals surface area contributed by atoms with E-state index in [2.05, 4.69) is 10.1 Å². The molecule has 0 aliphatic rings. The molecule has 0 fully saturated rings. The Labute approximate surface area is 164 Å². The maximum atomic E-state index is 12.9. The van der Waals surface area contributed by atoms with E-state index in [-0.39, 0.29) is 17.0 Å². The number of nitrogens with zero attached hydrogens (tertiary/aromatic N) is 1. The smallest absolute Gasteiger partial charge is 0.274 e. The maximum absolute atomic E-state index is 12.9. The molecule has 0 unspecified atom stereocenters. The summed E-state index contributed by atoms with van der Waals surface area (Å²) < 4.78 is 13.2. The molecule has 0 bridgehead atoms. The molecule has 5 aromatic rings. The van der Waals surface area contributed by atoms with Crippen molar-refractivity contribution in [2.45, 2.75) is 19.9 Å². The molecule has 0 aliphatic carbocycles. The Bertz CT molecular complexity index is 1500. The van der Waals surface area contributed by atoms with Crippen LogP contribution in [0.15, 0.2) is 56.5 Å². The van der Waals surface area contributed by atoms with Gasteiger partial charge in [-0.2, -0.15) is 0 Å². The number of aromatic nitrogens is 3. The van der Waals surface area contributed by atoms with E-state index in [0.717, 1.165) is 22.2 Å². The molecule has 146 valence electrons. The van der Waals surface area contributed by atoms with Gasteiger partial charge in [0.15, 0.2) is 11.0 Å². The Morgan fingerprint density at radius 1 is 1.07 bits per heavy atom. The summed E-state index contributed by atoms with van der Waals surface area (Å²) >= 11 is 0. The quantitative estimate of drug-likeness (QED) is 0.484. The summed E-state index contributed by atoms with van der Waals surface area (Å²) in [6, 6.07) is 12.2. The summed E-state index contributed by atoms with van der Waals surface area (Å²) in [6.07, 6.45) is 0. The normalized spacial score (nSPS) is 11.9. The van der Waals surface area contributed by atoms with Gasteiger partial charge in [0, 0.05) is 23.1 Å². The van der Waals surface area contributed by atoms with E-state index >= 15 is 0 Å². The Morgan fingerprint density at radius 3 is 2.52 bits per heavy atom. The number of hydrogen-bond donors (Lipinski definition) is 2. The summed E-state index contributed by atoms with van der Waals surface area (Å²) in [7, 11) is 1.61. The van der Waals surface area contributed by atoms with Crippen LogP contribution < -0.4 is 15.7 Å². The zero-order valence-electron chi connectivity index (χ0n) is 16.2. The van der Waals surface area contributed by atoms with Crippen molar-refractivity contribution in [2.24, 2.45) is 0 Å². The SMILES string of the molecule is COc1ccc(-c2c3oc4cc(=O)ccc4c3[nH]c3c2c(=O)[nH]n3C(C)C)cc1. The van der Waals surface area contributed by atoms with Crippen molar-refractivity contribution in [3.05, 3.63) is 63.0 Å². The van der Waals surface area contributed by atoms with Crippen LogP contribution >= 0.6 is 0 Å². The molecule has 2 N–H and O–H groups in total. The number of fused-ring (bicyclic) bond motifs is 4. The number of aromatic amines is 2. The minimum atomic E-state index is -0.206. The number of H-pyrrole nitrogens is 2. The van der Waals surface area contributed by atoms with Gasteiger partial charge < -0.3 is 14.1 Å². The Morgan fingerprint density at radius 2 is 1.83 bits per heavy atom. The van der Waals surface area contributed by atoms with Crippen LogP contribution in [0, 0.1) is 0 Å². The lowest BCUT2D eigenvalue weighted by Crippen LogP contribution is -2.07. The first kappa shape index (κ1) is 17.4. The topological polar surface area (TPSA) is 93.0 Å². The second kappa shape index (κ2) is 6.13. The number of hydrogen-bond acceptors (Lipinski definition) is 4. The van der Waals surface area contributed by atoms with E-state index in [4.69, 9.17) is 9.15 Å². The summed E-state index contributed by atoms with van der Waals surface area (Å²) in [5, 5.41) is 4.22. The highest BCUT2D eigenvalue weighted by molar-refractivity contribution is 6.14. The van der Waals surface area contributed by atoms with Crippen LogP contribution in [0.5, 0.6) is 5.75 Å². The molecule has 0 saturated heterocycles. The number of nitrogens with one attached hydrogen (secondary N) is 2. The molecule has 0 aliphatic heterocycles. The van der Waals surface area contributed by atoms with E-state index in [1.807, 2.05) is 42.8 Å². The lowest BCUT2D eigenvalue weighted by Gasteiger charge is -2.10. The van der Waals surface area contributed by atoms with E-state index in [9.17, 15) is 9.59 Å².